The van der Waals surface area contributed by atoms with Gasteiger partial charge < -0.3 is 24.4 Å². The number of hydrogen-bond acceptors (Lipinski definition) is 9. The number of aromatic nitrogens is 3. The van der Waals surface area contributed by atoms with Crippen molar-refractivity contribution in [2.24, 2.45) is 7.05 Å². The number of fused-ring (bicyclic) bond motifs is 1. The van der Waals surface area contributed by atoms with Gasteiger partial charge in [-0.05, 0) is 58.6 Å². The van der Waals surface area contributed by atoms with E-state index in [2.05, 4.69) is 10.3 Å². The predicted octanol–water partition coefficient (Wildman–Crippen LogP) is 5.79. The largest absolute Gasteiger partial charge is 0.459 e. The van der Waals surface area contributed by atoms with Crippen molar-refractivity contribution >= 4 is 39.9 Å². The minimum absolute atomic E-state index is 0. The van der Waals surface area contributed by atoms with Crippen LogP contribution in [-0.2, 0) is 11.8 Å². The summed E-state index contributed by atoms with van der Waals surface area (Å²) >= 11 is 0. The fraction of sp³-hybridized carbons (Fsp3) is 0.367. The molecule has 0 atom stereocenters. The molecule has 1 N–H and O–H groups in total. The highest BCUT2D eigenvalue weighted by Crippen LogP contribution is 2.35. The zero-order valence-electron chi connectivity index (χ0n) is 23.9. The number of carbonyl (C=O) groups excluding carboxylic acids is 1. The van der Waals surface area contributed by atoms with Crippen molar-refractivity contribution < 1.29 is 14.5 Å². The van der Waals surface area contributed by atoms with Crippen LogP contribution in [0.5, 0.6) is 0 Å². The fourth-order valence-corrected chi connectivity index (χ4v) is 4.54. The Hall–Kier alpha value is -4.51. The van der Waals surface area contributed by atoms with Gasteiger partial charge >= 0.3 is 5.97 Å². The first-order chi connectivity index (χ1) is 19.0. The summed E-state index contributed by atoms with van der Waals surface area (Å²) in [7, 11) is 7.65. The minimum Gasteiger partial charge on any atom is -0.459 e. The van der Waals surface area contributed by atoms with E-state index >= 15 is 0 Å². The summed E-state index contributed by atoms with van der Waals surface area (Å²) in [5.41, 5.74) is 4.61. The average Bonchev–Trinajstić information content (AvgIpc) is 3.24. The van der Waals surface area contributed by atoms with Gasteiger partial charge in [0.2, 0.25) is 5.95 Å². The number of nitrogens with zero attached hydrogens (tertiary/aromatic N) is 6. The van der Waals surface area contributed by atoms with E-state index in [0.717, 1.165) is 28.6 Å². The van der Waals surface area contributed by atoms with Crippen molar-refractivity contribution in [1.82, 2.24) is 19.4 Å². The van der Waals surface area contributed by atoms with Crippen LogP contribution in [0.15, 0.2) is 48.8 Å². The molecule has 0 saturated carbocycles. The van der Waals surface area contributed by atoms with Crippen molar-refractivity contribution in [2.45, 2.75) is 34.3 Å². The number of likely N-dealkylation sites (N-methyl/N-ethyl adjacent to an activating group) is 2. The number of hydrogen-bond donors (Lipinski definition) is 1. The van der Waals surface area contributed by atoms with Crippen LogP contribution >= 0.6 is 0 Å². The lowest BCUT2D eigenvalue weighted by molar-refractivity contribution is -0.384. The lowest BCUT2D eigenvalue weighted by Crippen LogP contribution is -2.29. The first-order valence-electron chi connectivity index (χ1n) is 13.0. The van der Waals surface area contributed by atoms with E-state index in [1.54, 1.807) is 18.3 Å². The van der Waals surface area contributed by atoms with Gasteiger partial charge in [-0.3, -0.25) is 10.1 Å². The molecule has 0 aliphatic heterocycles. The molecule has 2 aromatic heterocycles. The first-order valence-corrected chi connectivity index (χ1v) is 13.0. The van der Waals surface area contributed by atoms with Crippen LogP contribution in [-0.4, -0.2) is 70.7 Å². The van der Waals surface area contributed by atoms with E-state index in [0.29, 0.717) is 35.1 Å². The van der Waals surface area contributed by atoms with Crippen LogP contribution in [0, 0.1) is 17.0 Å². The number of carbonyl (C=O) groups is 1. The molecule has 0 spiro atoms. The van der Waals surface area contributed by atoms with Crippen molar-refractivity contribution in [3.63, 3.8) is 0 Å². The number of para-hydroxylation sites is 1. The molecule has 218 valence electrons. The normalized spacial score (nSPS) is 11.0. The van der Waals surface area contributed by atoms with E-state index in [4.69, 9.17) is 9.72 Å². The Balaban J connectivity index is 0.00000462. The molecule has 2 heterocycles. The molecule has 0 fully saturated rings. The smallest absolute Gasteiger partial charge is 0.340 e. The number of anilines is 3. The lowest BCUT2D eigenvalue weighted by Gasteiger charge is -2.22. The standard InChI is InChI=1S/C29H35N7O4.CH4/c1-18(2)40-28(37)21-10-8-9-20-22(17-35(7)27(20)21)23-11-12-30-29(31-23)32-24-16-26(36(38)39)25(15-19(24)3)34(6)14-13-33(4)5;/h8-12,15-18H,13-14H2,1-7H3,(H,30,31,32);1H4. The number of benzene rings is 2. The number of nitro groups is 1. The number of aryl methyl sites for hydroxylation is 2. The molecule has 2 aromatic carbocycles. The number of nitro benzene ring substituents is 1. The van der Waals surface area contributed by atoms with Crippen LogP contribution in [0.25, 0.3) is 22.2 Å². The van der Waals surface area contributed by atoms with Crippen LogP contribution in [0.4, 0.5) is 23.0 Å². The maximum Gasteiger partial charge on any atom is 0.340 e. The Morgan fingerprint density at radius 1 is 1.17 bits per heavy atom. The quantitative estimate of drug-likeness (QED) is 0.146. The number of rotatable bonds is 10. The minimum atomic E-state index is -0.383. The van der Waals surface area contributed by atoms with Crippen LogP contribution in [0.1, 0.15) is 37.2 Å². The summed E-state index contributed by atoms with van der Waals surface area (Å²) in [5, 5.41) is 16.0. The van der Waals surface area contributed by atoms with Crippen LogP contribution in [0.3, 0.4) is 0 Å². The van der Waals surface area contributed by atoms with Gasteiger partial charge in [0.15, 0.2) is 0 Å². The molecule has 0 amide bonds. The molecule has 0 radical (unpaired) electrons. The Labute approximate surface area is 240 Å². The third-order valence-corrected chi connectivity index (χ3v) is 6.55. The van der Waals surface area contributed by atoms with Gasteiger partial charge in [-0.2, -0.15) is 0 Å². The summed E-state index contributed by atoms with van der Waals surface area (Å²) in [6.45, 7) is 6.94. The average molecular weight is 562 g/mol. The summed E-state index contributed by atoms with van der Waals surface area (Å²) in [4.78, 5) is 37.3. The van der Waals surface area contributed by atoms with Crippen LogP contribution in [0.2, 0.25) is 0 Å². The maximum atomic E-state index is 12.7. The van der Waals surface area contributed by atoms with E-state index in [1.165, 1.54) is 6.07 Å². The van der Waals surface area contributed by atoms with Crippen LogP contribution < -0.4 is 10.2 Å². The van der Waals surface area contributed by atoms with Gasteiger partial charge in [0, 0.05) is 56.6 Å². The van der Waals surface area contributed by atoms with Crippen molar-refractivity contribution in [1.29, 1.82) is 0 Å². The number of ether oxygens (including phenoxy) is 1. The second-order valence-corrected chi connectivity index (χ2v) is 10.3. The van der Waals surface area contributed by atoms with Crippen molar-refractivity contribution in [3.05, 3.63) is 70.0 Å². The predicted molar refractivity (Wildman–Crippen MR) is 164 cm³/mol. The molecule has 0 unspecified atom stereocenters. The molecule has 0 bridgehead atoms. The zero-order chi connectivity index (χ0) is 29.1. The Kier molecular flexibility index (Phi) is 9.67. The molecular weight excluding hydrogens is 522 g/mol. The Bertz CT molecular complexity index is 1560. The molecule has 0 saturated heterocycles. The van der Waals surface area contributed by atoms with E-state index in [-0.39, 0.29) is 30.1 Å². The SMILES string of the molecule is C.Cc1cc(N(C)CCN(C)C)c([N+](=O)[O-])cc1Nc1nccc(-c2cn(C)c3c(C(=O)OC(C)C)cccc23)n1. The highest BCUT2D eigenvalue weighted by molar-refractivity contribution is 6.07. The third kappa shape index (κ3) is 6.80. The molecule has 11 nitrogen and oxygen atoms in total. The van der Waals surface area contributed by atoms with E-state index in [9.17, 15) is 14.9 Å². The number of esters is 1. The Morgan fingerprint density at radius 2 is 1.90 bits per heavy atom. The van der Waals surface area contributed by atoms with Crippen molar-refractivity contribution in [3.8, 4) is 11.3 Å². The summed E-state index contributed by atoms with van der Waals surface area (Å²) in [6, 6.07) is 10.6. The third-order valence-electron chi connectivity index (χ3n) is 6.55. The van der Waals surface area contributed by atoms with Crippen molar-refractivity contribution in [2.75, 3.05) is 44.4 Å². The Morgan fingerprint density at radius 3 is 2.56 bits per heavy atom. The van der Waals surface area contributed by atoms with Gasteiger partial charge in [0.05, 0.1) is 33.5 Å². The van der Waals surface area contributed by atoms with Gasteiger partial charge in [-0.25, -0.2) is 14.8 Å². The van der Waals surface area contributed by atoms with Gasteiger partial charge in [0.25, 0.3) is 5.69 Å². The number of nitrogens with one attached hydrogen (secondary N) is 1. The zero-order valence-corrected chi connectivity index (χ0v) is 23.9. The summed E-state index contributed by atoms with van der Waals surface area (Å²) in [6.07, 6.45) is 3.31. The summed E-state index contributed by atoms with van der Waals surface area (Å²) in [5.74, 6) is -0.0812. The molecule has 11 heteroatoms. The first kappa shape index (κ1) is 31.0. The van der Waals surface area contributed by atoms with E-state index in [1.807, 2.05) is 87.7 Å². The summed E-state index contributed by atoms with van der Waals surface area (Å²) < 4.78 is 7.33. The topological polar surface area (TPSA) is 119 Å². The maximum absolute atomic E-state index is 12.7. The molecule has 4 aromatic rings. The second-order valence-electron chi connectivity index (χ2n) is 10.3. The van der Waals surface area contributed by atoms with Gasteiger partial charge in [0.1, 0.15) is 5.69 Å². The van der Waals surface area contributed by atoms with E-state index < -0.39 is 0 Å². The fourth-order valence-electron chi connectivity index (χ4n) is 4.54. The van der Waals surface area contributed by atoms with Gasteiger partial charge in [-0.1, -0.05) is 19.6 Å². The molecule has 0 aliphatic rings. The molecule has 4 rings (SSSR count). The highest BCUT2D eigenvalue weighted by atomic mass is 16.6. The highest BCUT2D eigenvalue weighted by Gasteiger charge is 2.22. The molecular formula is C30H39N7O4. The monoisotopic (exact) mass is 561 g/mol. The lowest BCUT2D eigenvalue weighted by atomic mass is 10.1. The van der Waals surface area contributed by atoms with Gasteiger partial charge in [-0.15, -0.1) is 0 Å². The molecule has 41 heavy (non-hydrogen) atoms. The second kappa shape index (κ2) is 12.8. The molecule has 0 aliphatic carbocycles.